The van der Waals surface area contributed by atoms with Crippen LogP contribution in [0.3, 0.4) is 0 Å². The summed E-state index contributed by atoms with van der Waals surface area (Å²) in [4.78, 5) is 12.5. The highest BCUT2D eigenvalue weighted by atomic mass is 31.2. The zero-order valence-electron chi connectivity index (χ0n) is 12.2. The second-order valence-electron chi connectivity index (χ2n) is 5.28. The van der Waals surface area contributed by atoms with Crippen LogP contribution in [0.1, 0.15) is 19.8 Å². The summed E-state index contributed by atoms with van der Waals surface area (Å²) in [5.41, 5.74) is 1.14. The third kappa shape index (κ3) is 2.71. The third-order valence-electron chi connectivity index (χ3n) is 3.93. The zero-order chi connectivity index (χ0) is 14.9. The fourth-order valence-electron chi connectivity index (χ4n) is 2.99. The first-order valence-electron chi connectivity index (χ1n) is 7.38. The van der Waals surface area contributed by atoms with Crippen molar-refractivity contribution in [2.75, 3.05) is 24.6 Å². The van der Waals surface area contributed by atoms with Gasteiger partial charge in [-0.15, -0.1) is 0 Å². The van der Waals surface area contributed by atoms with Gasteiger partial charge in [0.1, 0.15) is 0 Å². The standard InChI is InChI=1S/C16H20NO3P/c1-2-20-21(18,19)16-10-9-15(17-11-5-6-12-17)13-7-3-4-8-14(13)16/h3-4,7-10H,2,5-6,11-12H2,1H3,(H,18,19). The maximum Gasteiger partial charge on any atom is 0.359 e. The second kappa shape index (κ2) is 5.80. The smallest absolute Gasteiger partial charge is 0.359 e. The zero-order valence-corrected chi connectivity index (χ0v) is 13.1. The number of rotatable bonds is 4. The summed E-state index contributed by atoms with van der Waals surface area (Å²) in [7, 11) is -3.76. The lowest BCUT2D eigenvalue weighted by molar-refractivity contribution is 0.284. The molecular weight excluding hydrogens is 285 g/mol. The molecule has 2 aromatic carbocycles. The SMILES string of the molecule is CCOP(=O)(O)c1ccc(N2CCCC2)c2ccccc12. The van der Waals surface area contributed by atoms with Crippen LogP contribution >= 0.6 is 7.60 Å². The lowest BCUT2D eigenvalue weighted by Crippen LogP contribution is -2.19. The van der Waals surface area contributed by atoms with Gasteiger partial charge in [0.15, 0.2) is 0 Å². The summed E-state index contributed by atoms with van der Waals surface area (Å²) < 4.78 is 17.5. The molecule has 0 spiro atoms. The average molecular weight is 305 g/mol. The summed E-state index contributed by atoms with van der Waals surface area (Å²) in [6.07, 6.45) is 2.40. The van der Waals surface area contributed by atoms with Crippen molar-refractivity contribution < 1.29 is 14.0 Å². The second-order valence-corrected chi connectivity index (χ2v) is 7.06. The fourth-order valence-corrected chi connectivity index (χ4v) is 4.24. The molecule has 1 heterocycles. The molecule has 1 aliphatic rings. The third-order valence-corrected chi connectivity index (χ3v) is 5.54. The Bertz CT molecular complexity index is 695. The molecular formula is C16H20NO3P. The minimum atomic E-state index is -3.76. The Morgan fingerprint density at radius 1 is 1.14 bits per heavy atom. The Balaban J connectivity index is 2.17. The van der Waals surface area contributed by atoms with E-state index in [-0.39, 0.29) is 6.61 Å². The Kier molecular flexibility index (Phi) is 4.03. The summed E-state index contributed by atoms with van der Waals surface area (Å²) in [5, 5.41) is 2.22. The van der Waals surface area contributed by atoms with Crippen LogP contribution in [-0.2, 0) is 9.09 Å². The van der Waals surface area contributed by atoms with Gasteiger partial charge in [0, 0.05) is 24.2 Å². The van der Waals surface area contributed by atoms with E-state index in [1.54, 1.807) is 13.0 Å². The van der Waals surface area contributed by atoms with Crippen molar-refractivity contribution in [3.63, 3.8) is 0 Å². The normalized spacial score (nSPS) is 18.1. The van der Waals surface area contributed by atoms with Crippen molar-refractivity contribution in [3.05, 3.63) is 36.4 Å². The molecule has 1 atom stereocenters. The van der Waals surface area contributed by atoms with Gasteiger partial charge < -0.3 is 14.3 Å². The minimum Gasteiger partial charge on any atom is -0.371 e. The number of hydrogen-bond acceptors (Lipinski definition) is 3. The molecule has 2 aromatic rings. The van der Waals surface area contributed by atoms with E-state index in [0.717, 1.165) is 29.5 Å². The fraction of sp³-hybridized carbons (Fsp3) is 0.375. The predicted molar refractivity (Wildman–Crippen MR) is 86.5 cm³/mol. The lowest BCUT2D eigenvalue weighted by atomic mass is 10.1. The molecule has 3 rings (SSSR count). The first-order valence-corrected chi connectivity index (χ1v) is 8.96. The quantitative estimate of drug-likeness (QED) is 0.881. The number of nitrogens with zero attached hydrogens (tertiary/aromatic N) is 1. The van der Waals surface area contributed by atoms with Crippen LogP contribution in [-0.4, -0.2) is 24.6 Å². The van der Waals surface area contributed by atoms with Crippen LogP contribution in [0.5, 0.6) is 0 Å². The molecule has 0 aliphatic carbocycles. The van der Waals surface area contributed by atoms with Gasteiger partial charge in [0.25, 0.3) is 0 Å². The van der Waals surface area contributed by atoms with Crippen molar-refractivity contribution in [3.8, 4) is 0 Å². The van der Waals surface area contributed by atoms with E-state index >= 15 is 0 Å². The number of benzene rings is 2. The molecule has 5 heteroatoms. The van der Waals surface area contributed by atoms with E-state index in [1.807, 2.05) is 30.3 Å². The molecule has 112 valence electrons. The molecule has 0 bridgehead atoms. The van der Waals surface area contributed by atoms with Crippen molar-refractivity contribution in [1.29, 1.82) is 0 Å². The molecule has 0 radical (unpaired) electrons. The van der Waals surface area contributed by atoms with Gasteiger partial charge in [-0.2, -0.15) is 0 Å². The van der Waals surface area contributed by atoms with Crippen molar-refractivity contribution in [1.82, 2.24) is 0 Å². The summed E-state index contributed by atoms with van der Waals surface area (Å²) in [5.74, 6) is 0. The Morgan fingerprint density at radius 2 is 1.81 bits per heavy atom. The molecule has 0 aromatic heterocycles. The van der Waals surface area contributed by atoms with Crippen molar-refractivity contribution in [2.24, 2.45) is 0 Å². The molecule has 1 fully saturated rings. The van der Waals surface area contributed by atoms with Gasteiger partial charge in [0.05, 0.1) is 11.9 Å². The molecule has 0 saturated carbocycles. The molecule has 0 amide bonds. The van der Waals surface area contributed by atoms with Gasteiger partial charge in [0.2, 0.25) is 0 Å². The number of fused-ring (bicyclic) bond motifs is 1. The topological polar surface area (TPSA) is 49.8 Å². The molecule has 4 nitrogen and oxygen atoms in total. The van der Waals surface area contributed by atoms with Crippen LogP contribution < -0.4 is 10.2 Å². The maximum absolute atomic E-state index is 12.4. The Hall–Kier alpha value is -1.35. The number of anilines is 1. The average Bonchev–Trinajstić information content (AvgIpc) is 3.00. The van der Waals surface area contributed by atoms with Crippen molar-refractivity contribution >= 4 is 29.4 Å². The molecule has 1 saturated heterocycles. The lowest BCUT2D eigenvalue weighted by Gasteiger charge is -2.22. The van der Waals surface area contributed by atoms with Crippen LogP contribution in [0.15, 0.2) is 36.4 Å². The Morgan fingerprint density at radius 3 is 2.48 bits per heavy atom. The van der Waals surface area contributed by atoms with E-state index < -0.39 is 7.60 Å². The van der Waals surface area contributed by atoms with Crippen LogP contribution in [0.25, 0.3) is 10.8 Å². The van der Waals surface area contributed by atoms with Gasteiger partial charge in [-0.05, 0) is 37.3 Å². The molecule has 21 heavy (non-hydrogen) atoms. The summed E-state index contributed by atoms with van der Waals surface area (Å²) >= 11 is 0. The first-order chi connectivity index (χ1) is 10.1. The molecule has 1 aliphatic heterocycles. The van der Waals surface area contributed by atoms with Gasteiger partial charge in [-0.25, -0.2) is 0 Å². The van der Waals surface area contributed by atoms with E-state index in [4.69, 9.17) is 4.52 Å². The Labute approximate surface area is 124 Å². The summed E-state index contributed by atoms with van der Waals surface area (Å²) in [6.45, 7) is 4.04. The molecule has 1 unspecified atom stereocenters. The van der Waals surface area contributed by atoms with Crippen molar-refractivity contribution in [2.45, 2.75) is 19.8 Å². The van der Waals surface area contributed by atoms with Crippen LogP contribution in [0, 0.1) is 0 Å². The maximum atomic E-state index is 12.4. The largest absolute Gasteiger partial charge is 0.371 e. The first kappa shape index (κ1) is 14.6. The monoisotopic (exact) mass is 305 g/mol. The van der Waals surface area contributed by atoms with Gasteiger partial charge in [-0.3, -0.25) is 4.57 Å². The minimum absolute atomic E-state index is 0.218. The van der Waals surface area contributed by atoms with Crippen LogP contribution in [0.4, 0.5) is 5.69 Å². The highest BCUT2D eigenvalue weighted by Crippen LogP contribution is 2.44. The highest BCUT2D eigenvalue weighted by molar-refractivity contribution is 7.61. The van der Waals surface area contributed by atoms with Gasteiger partial charge in [-0.1, -0.05) is 24.3 Å². The van der Waals surface area contributed by atoms with E-state index in [1.165, 1.54) is 12.8 Å². The number of hydrogen-bond donors (Lipinski definition) is 1. The van der Waals surface area contributed by atoms with Gasteiger partial charge >= 0.3 is 7.60 Å². The van der Waals surface area contributed by atoms with E-state index in [9.17, 15) is 9.46 Å². The predicted octanol–water partition coefficient (Wildman–Crippen LogP) is 3.29. The van der Waals surface area contributed by atoms with E-state index in [0.29, 0.717) is 5.30 Å². The van der Waals surface area contributed by atoms with E-state index in [2.05, 4.69) is 4.90 Å². The van der Waals surface area contributed by atoms with Crippen LogP contribution in [0.2, 0.25) is 0 Å². The highest BCUT2D eigenvalue weighted by Gasteiger charge is 2.26. The molecule has 1 N–H and O–H groups in total. The summed E-state index contributed by atoms with van der Waals surface area (Å²) in [6, 6.07) is 11.5.